The summed E-state index contributed by atoms with van der Waals surface area (Å²) in [5.74, 6) is -0.490. The number of rotatable bonds is 12. The Labute approximate surface area is 248 Å². The number of benzene rings is 3. The van der Waals surface area contributed by atoms with Gasteiger partial charge < -0.3 is 15.0 Å². The van der Waals surface area contributed by atoms with Crippen LogP contribution in [0.3, 0.4) is 0 Å². The molecular weight excluding hydrogens is 562 g/mol. The average molecular weight is 600 g/mol. The number of ether oxygens (including phenoxy) is 1. The Balaban J connectivity index is 2.07. The minimum absolute atomic E-state index is 0.0239. The molecule has 8 nitrogen and oxygen atoms in total. The fraction of sp³-hybridized carbons (Fsp3) is 0.355. The molecule has 0 aromatic heterocycles. The van der Waals surface area contributed by atoms with Gasteiger partial charge >= 0.3 is 0 Å². The molecule has 0 saturated carbocycles. The normalized spacial score (nSPS) is 12.8. The van der Waals surface area contributed by atoms with Crippen LogP contribution < -0.4 is 14.4 Å². The van der Waals surface area contributed by atoms with Crippen LogP contribution in [0.1, 0.15) is 43.9 Å². The molecule has 0 heterocycles. The van der Waals surface area contributed by atoms with Gasteiger partial charge in [-0.25, -0.2) is 8.42 Å². The van der Waals surface area contributed by atoms with E-state index in [9.17, 15) is 18.0 Å². The van der Waals surface area contributed by atoms with Gasteiger partial charge in [0.1, 0.15) is 18.3 Å². The lowest BCUT2D eigenvalue weighted by Gasteiger charge is -2.33. The number of halogens is 1. The van der Waals surface area contributed by atoms with Crippen molar-refractivity contribution in [3.63, 3.8) is 0 Å². The maximum Gasteiger partial charge on any atom is 0.264 e. The van der Waals surface area contributed by atoms with Crippen molar-refractivity contribution < 1.29 is 22.7 Å². The second-order valence-corrected chi connectivity index (χ2v) is 12.4. The van der Waals surface area contributed by atoms with Crippen molar-refractivity contribution in [1.29, 1.82) is 0 Å². The lowest BCUT2D eigenvalue weighted by atomic mass is 10.1. The van der Waals surface area contributed by atoms with E-state index < -0.39 is 28.5 Å². The zero-order valence-electron chi connectivity index (χ0n) is 24.3. The minimum atomic E-state index is -4.20. The number of hydrogen-bond donors (Lipinski definition) is 1. The summed E-state index contributed by atoms with van der Waals surface area (Å²) < 4.78 is 34.2. The highest BCUT2D eigenvalue weighted by Crippen LogP contribution is 2.32. The van der Waals surface area contributed by atoms with Crippen molar-refractivity contribution in [1.82, 2.24) is 10.2 Å². The van der Waals surface area contributed by atoms with E-state index in [1.807, 2.05) is 52.0 Å². The first kappa shape index (κ1) is 32.0. The molecule has 3 aromatic rings. The first-order valence-electron chi connectivity index (χ1n) is 13.5. The Morgan fingerprint density at radius 1 is 1.00 bits per heavy atom. The first-order chi connectivity index (χ1) is 19.4. The van der Waals surface area contributed by atoms with Gasteiger partial charge in [0.15, 0.2) is 0 Å². The van der Waals surface area contributed by atoms with Gasteiger partial charge in [0, 0.05) is 12.6 Å². The van der Waals surface area contributed by atoms with Crippen molar-refractivity contribution >= 4 is 39.1 Å². The van der Waals surface area contributed by atoms with E-state index in [2.05, 4.69) is 5.32 Å². The summed E-state index contributed by atoms with van der Waals surface area (Å²) in [4.78, 5) is 28.7. The molecule has 0 aliphatic rings. The van der Waals surface area contributed by atoms with E-state index in [-0.39, 0.29) is 34.1 Å². The molecule has 3 aromatic carbocycles. The quantitative estimate of drug-likeness (QED) is 0.297. The molecule has 0 bridgehead atoms. The summed E-state index contributed by atoms with van der Waals surface area (Å²) >= 11 is 6.37. The zero-order valence-corrected chi connectivity index (χ0v) is 25.9. The predicted molar refractivity (Wildman–Crippen MR) is 163 cm³/mol. The fourth-order valence-electron chi connectivity index (χ4n) is 4.20. The Morgan fingerprint density at radius 2 is 1.66 bits per heavy atom. The Morgan fingerprint density at radius 3 is 2.24 bits per heavy atom. The molecular formula is C31H38ClN3O5S. The Kier molecular flexibility index (Phi) is 10.8. The Hall–Kier alpha value is -3.56. The third kappa shape index (κ3) is 7.80. The van der Waals surface area contributed by atoms with Crippen LogP contribution in [-0.4, -0.2) is 50.9 Å². The van der Waals surface area contributed by atoms with Gasteiger partial charge in [-0.3, -0.25) is 13.9 Å². The fourth-order valence-corrected chi connectivity index (χ4v) is 5.85. The highest BCUT2D eigenvalue weighted by Gasteiger charge is 2.33. The molecule has 0 spiro atoms. The number of amides is 2. The van der Waals surface area contributed by atoms with Crippen LogP contribution in [0.15, 0.2) is 71.6 Å². The largest absolute Gasteiger partial charge is 0.495 e. The van der Waals surface area contributed by atoms with Crippen molar-refractivity contribution in [2.75, 3.05) is 18.0 Å². The molecule has 0 fully saturated rings. The van der Waals surface area contributed by atoms with E-state index in [1.54, 1.807) is 25.1 Å². The molecule has 2 atom stereocenters. The molecule has 0 saturated heterocycles. The third-order valence-corrected chi connectivity index (χ3v) is 9.16. The summed E-state index contributed by atoms with van der Waals surface area (Å²) in [5.41, 5.74) is 2.89. The molecule has 1 N–H and O–H groups in total. The zero-order chi connectivity index (χ0) is 30.3. The predicted octanol–water partition coefficient (Wildman–Crippen LogP) is 5.49. The number of sulfonamides is 1. The van der Waals surface area contributed by atoms with Crippen LogP contribution in [0.25, 0.3) is 0 Å². The molecule has 220 valence electrons. The molecule has 3 rings (SSSR count). The van der Waals surface area contributed by atoms with Crippen molar-refractivity contribution in [3.8, 4) is 5.75 Å². The standard InChI is InChI=1S/C31H38ClN3O5S/c1-7-23(4)33-31(37)24(5)34(19-25-11-9-8-10-22(25)3)30(36)20-35(26-14-17-29(40-6)28(32)18-26)41(38,39)27-15-12-21(2)13-16-27/h8-18,23-24H,7,19-20H2,1-6H3,(H,33,37). The van der Waals surface area contributed by atoms with E-state index >= 15 is 0 Å². The van der Waals surface area contributed by atoms with Crippen LogP contribution in [0.5, 0.6) is 5.75 Å². The summed E-state index contributed by atoms with van der Waals surface area (Å²) in [5, 5.41) is 3.13. The lowest BCUT2D eigenvalue weighted by molar-refractivity contribution is -0.139. The molecule has 0 radical (unpaired) electrons. The van der Waals surface area contributed by atoms with Crippen LogP contribution in [0.4, 0.5) is 5.69 Å². The molecule has 2 unspecified atom stereocenters. The smallest absolute Gasteiger partial charge is 0.264 e. The SMILES string of the molecule is CCC(C)NC(=O)C(C)N(Cc1ccccc1C)C(=O)CN(c1ccc(OC)c(Cl)c1)S(=O)(=O)c1ccc(C)cc1. The van der Waals surface area contributed by atoms with Gasteiger partial charge in [0.2, 0.25) is 11.8 Å². The van der Waals surface area contributed by atoms with Crippen molar-refractivity contribution in [2.24, 2.45) is 0 Å². The van der Waals surface area contributed by atoms with Gasteiger partial charge in [-0.05, 0) is 75.6 Å². The number of nitrogens with zero attached hydrogens (tertiary/aromatic N) is 2. The molecule has 10 heteroatoms. The number of carbonyl (C=O) groups excluding carboxylic acids is 2. The van der Waals surface area contributed by atoms with E-state index in [0.29, 0.717) is 5.75 Å². The average Bonchev–Trinajstić information content (AvgIpc) is 2.95. The molecule has 0 aliphatic heterocycles. The van der Waals surface area contributed by atoms with E-state index in [1.165, 1.54) is 36.3 Å². The Bertz CT molecular complexity index is 1480. The first-order valence-corrected chi connectivity index (χ1v) is 15.3. The number of methoxy groups -OCH3 is 1. The van der Waals surface area contributed by atoms with Gasteiger partial charge in [-0.1, -0.05) is 60.5 Å². The monoisotopic (exact) mass is 599 g/mol. The number of anilines is 1. The van der Waals surface area contributed by atoms with Gasteiger partial charge in [-0.15, -0.1) is 0 Å². The van der Waals surface area contributed by atoms with Crippen LogP contribution in [-0.2, 0) is 26.2 Å². The number of carbonyl (C=O) groups is 2. The number of aryl methyl sites for hydroxylation is 2. The number of nitrogens with one attached hydrogen (secondary N) is 1. The summed E-state index contributed by atoms with van der Waals surface area (Å²) in [6.45, 7) is 8.86. The highest BCUT2D eigenvalue weighted by atomic mass is 35.5. The van der Waals surface area contributed by atoms with Gasteiger partial charge in [-0.2, -0.15) is 0 Å². The van der Waals surface area contributed by atoms with Crippen molar-refractivity contribution in [2.45, 2.75) is 64.6 Å². The lowest BCUT2D eigenvalue weighted by Crippen LogP contribution is -2.52. The topological polar surface area (TPSA) is 96.0 Å². The second kappa shape index (κ2) is 13.9. The third-order valence-electron chi connectivity index (χ3n) is 7.08. The van der Waals surface area contributed by atoms with E-state index in [4.69, 9.17) is 16.3 Å². The van der Waals surface area contributed by atoms with Crippen LogP contribution >= 0.6 is 11.6 Å². The molecule has 0 aliphatic carbocycles. The van der Waals surface area contributed by atoms with Gasteiger partial charge in [0.25, 0.3) is 10.0 Å². The maximum absolute atomic E-state index is 14.1. The van der Waals surface area contributed by atoms with E-state index in [0.717, 1.165) is 27.4 Å². The number of hydrogen-bond acceptors (Lipinski definition) is 5. The van der Waals surface area contributed by atoms with Crippen molar-refractivity contribution in [3.05, 3.63) is 88.4 Å². The molecule has 2 amide bonds. The summed E-state index contributed by atoms with van der Waals surface area (Å²) in [6, 6.07) is 17.6. The minimum Gasteiger partial charge on any atom is -0.495 e. The summed E-state index contributed by atoms with van der Waals surface area (Å²) in [7, 11) is -2.74. The maximum atomic E-state index is 14.1. The molecule has 41 heavy (non-hydrogen) atoms. The summed E-state index contributed by atoms with van der Waals surface area (Å²) in [6.07, 6.45) is 0.727. The highest BCUT2D eigenvalue weighted by molar-refractivity contribution is 7.92. The van der Waals surface area contributed by atoms with Gasteiger partial charge in [0.05, 0.1) is 22.7 Å². The van der Waals surface area contributed by atoms with Crippen LogP contribution in [0.2, 0.25) is 5.02 Å². The van der Waals surface area contributed by atoms with Crippen LogP contribution in [0, 0.1) is 13.8 Å². The second-order valence-electron chi connectivity index (χ2n) is 10.1.